The maximum absolute atomic E-state index is 9.69. The molecule has 0 bridgehead atoms. The van der Waals surface area contributed by atoms with Crippen LogP contribution in [0.5, 0.6) is 0 Å². The highest BCUT2D eigenvalue weighted by Gasteiger charge is 1.93. The second-order valence-electron chi connectivity index (χ2n) is 1.33. The minimum atomic E-state index is -1.03. The zero-order chi connectivity index (χ0) is 6.41. The first-order valence-electron chi connectivity index (χ1n) is 2.45. The van der Waals surface area contributed by atoms with Crippen LogP contribution in [0.25, 0.3) is 0 Å². The summed E-state index contributed by atoms with van der Waals surface area (Å²) >= 11 is 0. The Hall–Kier alpha value is -0.570. The number of hydrogen-bond donors (Lipinski definition) is 1. The van der Waals surface area contributed by atoms with Crippen LogP contribution in [0.2, 0.25) is 0 Å². The minimum absolute atomic E-state index is 0.478. The van der Waals surface area contributed by atoms with E-state index in [0.29, 0.717) is 6.61 Å². The summed E-state index contributed by atoms with van der Waals surface area (Å²) in [6, 6.07) is 0. The van der Waals surface area contributed by atoms with Crippen molar-refractivity contribution in [1.29, 1.82) is 0 Å². The average Bonchev–Trinajstić information content (AvgIpc) is 1.66. The van der Waals surface area contributed by atoms with Crippen molar-refractivity contribution in [1.82, 2.24) is 0 Å². The minimum Gasteiger partial charge on any atom is -0.479 e. The van der Waals surface area contributed by atoms with Crippen molar-refractivity contribution in [3.05, 3.63) is 6.61 Å². The molecule has 0 rings (SSSR count). The average molecular weight is 117 g/mol. The van der Waals surface area contributed by atoms with Gasteiger partial charge in [0.2, 0.25) is 0 Å². The molecule has 47 valence electrons. The monoisotopic (exact) mass is 117 g/mol. The van der Waals surface area contributed by atoms with E-state index < -0.39 is 5.97 Å². The van der Waals surface area contributed by atoms with Gasteiger partial charge in [0.05, 0.1) is 0 Å². The molecule has 0 aromatic carbocycles. The summed E-state index contributed by atoms with van der Waals surface area (Å²) in [5, 5.41) is 7.96. The van der Waals surface area contributed by atoms with Crippen molar-refractivity contribution < 1.29 is 14.6 Å². The van der Waals surface area contributed by atoms with Gasteiger partial charge in [-0.2, -0.15) is 0 Å². The van der Waals surface area contributed by atoms with Gasteiger partial charge >= 0.3 is 5.97 Å². The quantitative estimate of drug-likeness (QED) is 0.550. The molecule has 0 aliphatic carbocycles. The van der Waals surface area contributed by atoms with Gasteiger partial charge in [0.15, 0.2) is 6.61 Å². The molecule has 0 aliphatic rings. The molecule has 0 saturated carbocycles. The lowest BCUT2D eigenvalue weighted by molar-refractivity contribution is -0.137. The predicted octanol–water partition coefficient (Wildman–Crippen LogP) is 0.659. The van der Waals surface area contributed by atoms with E-state index in [1.165, 1.54) is 0 Å². The fourth-order valence-electron chi connectivity index (χ4n) is 0.248. The summed E-state index contributed by atoms with van der Waals surface area (Å²) in [6.07, 6.45) is 0.837. The summed E-state index contributed by atoms with van der Waals surface area (Å²) in [5.41, 5.74) is 0. The third-order valence-corrected chi connectivity index (χ3v) is 0.506. The molecule has 0 saturated heterocycles. The van der Waals surface area contributed by atoms with Crippen molar-refractivity contribution in [3.63, 3.8) is 0 Å². The Morgan fingerprint density at radius 3 is 2.88 bits per heavy atom. The normalized spacial score (nSPS) is 9.12. The Labute approximate surface area is 48.3 Å². The van der Waals surface area contributed by atoms with Crippen LogP contribution in [-0.4, -0.2) is 17.7 Å². The van der Waals surface area contributed by atoms with Crippen molar-refractivity contribution in [2.24, 2.45) is 0 Å². The van der Waals surface area contributed by atoms with Crippen molar-refractivity contribution in [2.75, 3.05) is 6.61 Å². The molecule has 1 radical (unpaired) electrons. The van der Waals surface area contributed by atoms with Crippen LogP contribution in [0.3, 0.4) is 0 Å². The van der Waals surface area contributed by atoms with E-state index in [1.807, 2.05) is 6.92 Å². The molecular formula is C5H9O3. The molecule has 1 N–H and O–H groups in total. The summed E-state index contributed by atoms with van der Waals surface area (Å²) in [7, 11) is 0. The number of carboxylic acids is 1. The zero-order valence-electron chi connectivity index (χ0n) is 4.76. The van der Waals surface area contributed by atoms with Gasteiger partial charge in [-0.3, -0.25) is 0 Å². The third kappa shape index (κ3) is 5.43. The fraction of sp³-hybridized carbons (Fsp3) is 0.600. The molecule has 3 heteroatoms. The summed E-state index contributed by atoms with van der Waals surface area (Å²) in [5.74, 6) is -1.03. The second-order valence-corrected chi connectivity index (χ2v) is 1.33. The van der Waals surface area contributed by atoms with Crippen molar-refractivity contribution in [3.8, 4) is 0 Å². The number of carbonyl (C=O) groups is 1. The molecule has 0 fully saturated rings. The number of rotatable bonds is 4. The smallest absolute Gasteiger partial charge is 0.336 e. The van der Waals surface area contributed by atoms with E-state index in [4.69, 9.17) is 5.11 Å². The van der Waals surface area contributed by atoms with Crippen LogP contribution in [0.15, 0.2) is 0 Å². The summed E-state index contributed by atoms with van der Waals surface area (Å²) in [4.78, 5) is 9.69. The highest BCUT2D eigenvalue weighted by atomic mass is 16.5. The van der Waals surface area contributed by atoms with E-state index in [-0.39, 0.29) is 0 Å². The fourth-order valence-corrected chi connectivity index (χ4v) is 0.248. The maximum atomic E-state index is 9.69. The Kier molecular flexibility index (Phi) is 4.26. The molecule has 0 aliphatic heterocycles. The van der Waals surface area contributed by atoms with E-state index >= 15 is 0 Å². The lowest BCUT2D eigenvalue weighted by Crippen LogP contribution is -2.00. The van der Waals surface area contributed by atoms with Crippen LogP contribution in [0, 0.1) is 6.61 Å². The molecule has 8 heavy (non-hydrogen) atoms. The van der Waals surface area contributed by atoms with Gasteiger partial charge in [-0.05, 0) is 6.42 Å². The Balaban J connectivity index is 2.82. The molecule has 3 nitrogen and oxygen atoms in total. The first-order chi connectivity index (χ1) is 3.77. The molecule has 0 amide bonds. The standard InChI is InChI=1S/C5H9O3/c1-2-3-8-4-5(6)7/h4H,2-3H2,1H3,(H,6,7). The summed E-state index contributed by atoms with van der Waals surface area (Å²) in [6.45, 7) is 3.19. The van der Waals surface area contributed by atoms with Gasteiger partial charge in [-0.25, -0.2) is 4.79 Å². The molecule has 0 heterocycles. The van der Waals surface area contributed by atoms with E-state index in [9.17, 15) is 4.79 Å². The second kappa shape index (κ2) is 4.59. The highest BCUT2D eigenvalue weighted by molar-refractivity contribution is 5.74. The van der Waals surface area contributed by atoms with Gasteiger partial charge in [-0.15, -0.1) is 0 Å². The molecule has 0 aromatic heterocycles. The van der Waals surface area contributed by atoms with Gasteiger partial charge in [0.25, 0.3) is 0 Å². The van der Waals surface area contributed by atoms with Crippen LogP contribution < -0.4 is 0 Å². The van der Waals surface area contributed by atoms with Gasteiger partial charge < -0.3 is 9.84 Å². The Morgan fingerprint density at radius 1 is 1.88 bits per heavy atom. The molecule has 0 spiro atoms. The van der Waals surface area contributed by atoms with E-state index in [1.54, 1.807) is 0 Å². The summed E-state index contributed by atoms with van der Waals surface area (Å²) < 4.78 is 4.52. The topological polar surface area (TPSA) is 46.5 Å². The molecular weight excluding hydrogens is 108 g/mol. The van der Waals surface area contributed by atoms with Crippen LogP contribution in [-0.2, 0) is 9.53 Å². The molecule has 0 unspecified atom stereocenters. The van der Waals surface area contributed by atoms with Crippen LogP contribution in [0.4, 0.5) is 0 Å². The number of aliphatic carboxylic acids is 1. The molecule has 0 atom stereocenters. The first kappa shape index (κ1) is 7.43. The van der Waals surface area contributed by atoms with Crippen LogP contribution >= 0.6 is 0 Å². The zero-order valence-corrected chi connectivity index (χ0v) is 4.76. The van der Waals surface area contributed by atoms with E-state index in [2.05, 4.69) is 4.74 Å². The van der Waals surface area contributed by atoms with Crippen molar-refractivity contribution >= 4 is 5.97 Å². The van der Waals surface area contributed by atoms with Gasteiger partial charge in [0.1, 0.15) is 0 Å². The Bertz CT molecular complexity index is 70.1. The van der Waals surface area contributed by atoms with E-state index in [0.717, 1.165) is 13.0 Å². The van der Waals surface area contributed by atoms with Crippen molar-refractivity contribution in [2.45, 2.75) is 13.3 Å². The maximum Gasteiger partial charge on any atom is 0.336 e. The predicted molar refractivity (Wildman–Crippen MR) is 28.2 cm³/mol. The number of hydrogen-bond acceptors (Lipinski definition) is 2. The largest absolute Gasteiger partial charge is 0.479 e. The van der Waals surface area contributed by atoms with Crippen LogP contribution in [0.1, 0.15) is 13.3 Å². The third-order valence-electron chi connectivity index (χ3n) is 0.506. The lowest BCUT2D eigenvalue weighted by atomic mass is 10.5. The number of ether oxygens (including phenoxy) is 1. The Morgan fingerprint density at radius 2 is 2.50 bits per heavy atom. The number of carboxylic acid groups (broad SMARTS) is 1. The first-order valence-corrected chi connectivity index (χ1v) is 2.45. The highest BCUT2D eigenvalue weighted by Crippen LogP contribution is 1.83. The van der Waals surface area contributed by atoms with Gasteiger partial charge in [-0.1, -0.05) is 6.92 Å². The SMILES string of the molecule is CCCO[CH]C(=O)O. The lowest BCUT2D eigenvalue weighted by Gasteiger charge is -1.92. The molecule has 0 aromatic rings. The van der Waals surface area contributed by atoms with Gasteiger partial charge in [0, 0.05) is 6.61 Å².